The van der Waals surface area contributed by atoms with Gasteiger partial charge in [-0.1, -0.05) is 41.6 Å². The van der Waals surface area contributed by atoms with Gasteiger partial charge in [0.15, 0.2) is 5.69 Å². The van der Waals surface area contributed by atoms with E-state index in [1.807, 2.05) is 36.4 Å². The molecule has 0 saturated heterocycles. The zero-order chi connectivity index (χ0) is 17.6. The summed E-state index contributed by atoms with van der Waals surface area (Å²) in [5, 5.41) is 29.4. The average Bonchev–Trinajstić information content (AvgIpc) is 3.11. The van der Waals surface area contributed by atoms with Crippen molar-refractivity contribution in [1.29, 1.82) is 5.26 Å². The van der Waals surface area contributed by atoms with E-state index in [4.69, 9.17) is 5.26 Å². The zero-order valence-electron chi connectivity index (χ0n) is 13.2. The molecule has 1 atom stereocenters. The summed E-state index contributed by atoms with van der Waals surface area (Å²) >= 11 is 0. The predicted octanol–water partition coefficient (Wildman–Crippen LogP) is 2.14. The summed E-state index contributed by atoms with van der Waals surface area (Å²) in [6, 6.07) is 17.8. The third-order valence-electron chi connectivity index (χ3n) is 3.57. The molecule has 25 heavy (non-hydrogen) atoms. The number of rotatable bonds is 5. The van der Waals surface area contributed by atoms with Gasteiger partial charge in [-0.2, -0.15) is 5.26 Å². The maximum Gasteiger partial charge on any atom is 0.277 e. The van der Waals surface area contributed by atoms with Gasteiger partial charge in [0, 0.05) is 5.69 Å². The van der Waals surface area contributed by atoms with Crippen molar-refractivity contribution in [3.63, 3.8) is 0 Å². The van der Waals surface area contributed by atoms with E-state index in [9.17, 15) is 9.90 Å². The molecule has 1 unspecified atom stereocenters. The topological polar surface area (TPSA) is 104 Å². The van der Waals surface area contributed by atoms with Gasteiger partial charge >= 0.3 is 0 Å². The van der Waals surface area contributed by atoms with E-state index in [0.717, 1.165) is 5.56 Å². The van der Waals surface area contributed by atoms with E-state index >= 15 is 0 Å². The number of nitrogens with zero attached hydrogens (tertiary/aromatic N) is 4. The Morgan fingerprint density at radius 3 is 2.80 bits per heavy atom. The number of amides is 1. The molecule has 0 fully saturated rings. The molecular weight excluding hydrogens is 318 g/mol. The summed E-state index contributed by atoms with van der Waals surface area (Å²) in [7, 11) is 0. The van der Waals surface area contributed by atoms with Crippen LogP contribution in [0.1, 0.15) is 27.7 Å². The number of anilines is 1. The zero-order valence-corrected chi connectivity index (χ0v) is 13.2. The van der Waals surface area contributed by atoms with Gasteiger partial charge in [0.2, 0.25) is 0 Å². The molecule has 2 aromatic carbocycles. The maximum absolute atomic E-state index is 12.2. The van der Waals surface area contributed by atoms with Crippen LogP contribution in [0.15, 0.2) is 60.8 Å². The minimum Gasteiger partial charge on any atom is -0.386 e. The van der Waals surface area contributed by atoms with Gasteiger partial charge in [-0.05, 0) is 23.8 Å². The van der Waals surface area contributed by atoms with E-state index in [1.54, 1.807) is 24.3 Å². The standard InChI is InChI=1S/C18H15N5O2/c19-10-13-5-4-8-15(9-13)20-18(25)16-11-23(22-21-16)12-17(24)14-6-2-1-3-7-14/h1-9,11,17,24H,12H2,(H,20,25). The first-order valence-corrected chi connectivity index (χ1v) is 7.60. The first-order chi connectivity index (χ1) is 12.2. The molecule has 7 nitrogen and oxygen atoms in total. The van der Waals surface area contributed by atoms with Crippen molar-refractivity contribution in [2.24, 2.45) is 0 Å². The molecule has 1 heterocycles. The third kappa shape index (κ3) is 4.07. The molecule has 0 saturated carbocycles. The summed E-state index contributed by atoms with van der Waals surface area (Å²) in [5.74, 6) is -0.435. The quantitative estimate of drug-likeness (QED) is 0.744. The molecular formula is C18H15N5O2. The second kappa shape index (κ2) is 7.38. The lowest BCUT2D eigenvalue weighted by Crippen LogP contribution is -2.12. The van der Waals surface area contributed by atoms with E-state index in [-0.39, 0.29) is 12.2 Å². The first-order valence-electron chi connectivity index (χ1n) is 7.60. The summed E-state index contributed by atoms with van der Waals surface area (Å²) in [6.07, 6.45) is 0.724. The van der Waals surface area contributed by atoms with E-state index in [1.165, 1.54) is 10.9 Å². The van der Waals surface area contributed by atoms with Crippen LogP contribution in [0.2, 0.25) is 0 Å². The van der Waals surface area contributed by atoms with Crippen LogP contribution in [-0.2, 0) is 6.54 Å². The Morgan fingerprint density at radius 2 is 2.04 bits per heavy atom. The van der Waals surface area contributed by atoms with Crippen LogP contribution in [0.25, 0.3) is 0 Å². The highest BCUT2D eigenvalue weighted by atomic mass is 16.3. The Bertz CT molecular complexity index is 914. The lowest BCUT2D eigenvalue weighted by Gasteiger charge is -2.09. The highest BCUT2D eigenvalue weighted by molar-refractivity contribution is 6.02. The Morgan fingerprint density at radius 1 is 1.24 bits per heavy atom. The fourth-order valence-corrected chi connectivity index (χ4v) is 2.31. The Kier molecular flexibility index (Phi) is 4.83. The van der Waals surface area contributed by atoms with Gasteiger partial charge < -0.3 is 10.4 Å². The number of nitriles is 1. The normalized spacial score (nSPS) is 11.5. The number of aliphatic hydroxyl groups excluding tert-OH is 1. The summed E-state index contributed by atoms with van der Waals surface area (Å²) in [6.45, 7) is 0.189. The summed E-state index contributed by atoms with van der Waals surface area (Å²) < 4.78 is 1.41. The van der Waals surface area contributed by atoms with Gasteiger partial charge in [-0.15, -0.1) is 5.10 Å². The maximum atomic E-state index is 12.2. The van der Waals surface area contributed by atoms with Crippen molar-refractivity contribution in [2.75, 3.05) is 5.32 Å². The molecule has 3 rings (SSSR count). The molecule has 1 amide bonds. The predicted molar refractivity (Wildman–Crippen MR) is 90.5 cm³/mol. The SMILES string of the molecule is N#Cc1cccc(NC(=O)c2cn(CC(O)c3ccccc3)nn2)c1. The fourth-order valence-electron chi connectivity index (χ4n) is 2.31. The third-order valence-corrected chi connectivity index (χ3v) is 3.57. The highest BCUT2D eigenvalue weighted by Gasteiger charge is 2.14. The smallest absolute Gasteiger partial charge is 0.277 e. The number of benzene rings is 2. The van der Waals surface area contributed by atoms with Crippen LogP contribution >= 0.6 is 0 Å². The van der Waals surface area contributed by atoms with Gasteiger partial charge in [0.25, 0.3) is 5.91 Å². The Hall–Kier alpha value is -3.50. The minimum atomic E-state index is -0.744. The number of aliphatic hydroxyl groups is 1. The van der Waals surface area contributed by atoms with Crippen molar-refractivity contribution in [3.05, 3.63) is 77.6 Å². The number of hydrogen-bond acceptors (Lipinski definition) is 5. The number of nitrogens with one attached hydrogen (secondary N) is 1. The van der Waals surface area contributed by atoms with Crippen LogP contribution in [0, 0.1) is 11.3 Å². The largest absolute Gasteiger partial charge is 0.386 e. The van der Waals surface area contributed by atoms with Crippen molar-refractivity contribution >= 4 is 11.6 Å². The summed E-state index contributed by atoms with van der Waals surface area (Å²) in [5.41, 5.74) is 1.84. The lowest BCUT2D eigenvalue weighted by atomic mass is 10.1. The van der Waals surface area contributed by atoms with Crippen LogP contribution in [-0.4, -0.2) is 26.0 Å². The van der Waals surface area contributed by atoms with E-state index in [2.05, 4.69) is 15.6 Å². The number of carbonyl (C=O) groups is 1. The second-order valence-electron chi connectivity index (χ2n) is 5.40. The van der Waals surface area contributed by atoms with Crippen LogP contribution in [0.5, 0.6) is 0 Å². The van der Waals surface area contributed by atoms with Crippen molar-refractivity contribution in [2.45, 2.75) is 12.6 Å². The van der Waals surface area contributed by atoms with Crippen molar-refractivity contribution in [3.8, 4) is 6.07 Å². The molecule has 3 aromatic rings. The fraction of sp³-hybridized carbons (Fsp3) is 0.111. The first kappa shape index (κ1) is 16.4. The van der Waals surface area contributed by atoms with Gasteiger partial charge in [-0.25, -0.2) is 4.68 Å². The number of aromatic nitrogens is 3. The van der Waals surface area contributed by atoms with E-state index < -0.39 is 12.0 Å². The molecule has 2 N–H and O–H groups in total. The van der Waals surface area contributed by atoms with Crippen LogP contribution < -0.4 is 5.32 Å². The summed E-state index contributed by atoms with van der Waals surface area (Å²) in [4.78, 5) is 12.2. The molecule has 0 aliphatic heterocycles. The molecule has 0 aliphatic carbocycles. The molecule has 124 valence electrons. The van der Waals surface area contributed by atoms with Gasteiger partial charge in [-0.3, -0.25) is 4.79 Å². The van der Waals surface area contributed by atoms with Gasteiger partial charge in [0.1, 0.15) is 0 Å². The van der Waals surface area contributed by atoms with Crippen LogP contribution in [0.4, 0.5) is 5.69 Å². The molecule has 0 radical (unpaired) electrons. The highest BCUT2D eigenvalue weighted by Crippen LogP contribution is 2.14. The Balaban J connectivity index is 1.66. The molecule has 0 aliphatic rings. The second-order valence-corrected chi connectivity index (χ2v) is 5.40. The van der Waals surface area contributed by atoms with E-state index in [0.29, 0.717) is 11.3 Å². The van der Waals surface area contributed by atoms with Crippen molar-refractivity contribution < 1.29 is 9.90 Å². The van der Waals surface area contributed by atoms with Crippen LogP contribution in [0.3, 0.4) is 0 Å². The van der Waals surface area contributed by atoms with Crippen molar-refractivity contribution in [1.82, 2.24) is 15.0 Å². The van der Waals surface area contributed by atoms with Gasteiger partial charge in [0.05, 0.1) is 30.5 Å². The Labute approximate surface area is 144 Å². The molecule has 0 bridgehead atoms. The minimum absolute atomic E-state index is 0.127. The molecule has 0 spiro atoms. The molecule has 1 aromatic heterocycles. The number of carbonyl (C=O) groups excluding carboxylic acids is 1. The lowest BCUT2D eigenvalue weighted by molar-refractivity contribution is 0.102. The number of hydrogen-bond donors (Lipinski definition) is 2. The monoisotopic (exact) mass is 333 g/mol. The molecule has 7 heteroatoms. The average molecular weight is 333 g/mol.